The second kappa shape index (κ2) is 8.78. The number of carbonyl (C=O) groups excluding carboxylic acids is 2. The van der Waals surface area contributed by atoms with Gasteiger partial charge in [0.05, 0.1) is 16.7 Å². The third-order valence-electron chi connectivity index (χ3n) is 5.70. The lowest BCUT2D eigenvalue weighted by Gasteiger charge is -2.32. The van der Waals surface area contributed by atoms with Crippen LogP contribution in [0.2, 0.25) is 0 Å². The molecule has 1 aliphatic rings. The highest BCUT2D eigenvalue weighted by Crippen LogP contribution is 2.33. The molecule has 166 valence electrons. The lowest BCUT2D eigenvalue weighted by Crippen LogP contribution is -2.47. The molecule has 7 heteroatoms. The molecule has 7 nitrogen and oxygen atoms in total. The van der Waals surface area contributed by atoms with Crippen molar-refractivity contribution in [2.24, 2.45) is 0 Å². The second-order valence-corrected chi connectivity index (χ2v) is 8.10. The molecule has 3 aromatic carbocycles. The molecule has 0 spiro atoms. The third kappa shape index (κ3) is 4.43. The number of aromatic nitrogens is 2. The van der Waals surface area contributed by atoms with Gasteiger partial charge in [-0.15, -0.1) is 0 Å². The minimum atomic E-state index is -0.626. The van der Waals surface area contributed by atoms with Crippen molar-refractivity contribution in [3.8, 4) is 5.75 Å². The number of aryl methyl sites for hydroxylation is 2. The fourth-order valence-electron chi connectivity index (χ4n) is 4.01. The molecule has 4 aromatic rings. The summed E-state index contributed by atoms with van der Waals surface area (Å²) in [7, 11) is 0. The first-order valence-corrected chi connectivity index (χ1v) is 11.0. The van der Waals surface area contributed by atoms with E-state index in [0.29, 0.717) is 17.1 Å². The number of rotatable bonds is 6. The highest BCUT2D eigenvalue weighted by atomic mass is 16.5. The van der Waals surface area contributed by atoms with Crippen molar-refractivity contribution in [2.75, 3.05) is 16.8 Å². The van der Waals surface area contributed by atoms with E-state index in [0.717, 1.165) is 35.3 Å². The normalized spacial score (nSPS) is 15.2. The summed E-state index contributed by atoms with van der Waals surface area (Å²) in [6.07, 6.45) is 1.01. The molecule has 0 saturated heterocycles. The van der Waals surface area contributed by atoms with Crippen LogP contribution in [0.5, 0.6) is 5.75 Å². The van der Waals surface area contributed by atoms with Gasteiger partial charge in [0.2, 0.25) is 5.91 Å². The topological polar surface area (TPSA) is 87.3 Å². The SMILES string of the molecule is C[C@@H]1Oc2ccccc2N(CC(=O)Nc2ccc(CCc3nc4ccccc4[nH]3)cc2)C1=O. The maximum Gasteiger partial charge on any atom is 0.268 e. The molecule has 0 fully saturated rings. The molecular formula is C26H24N4O3. The summed E-state index contributed by atoms with van der Waals surface area (Å²) in [5.74, 6) is 1.07. The van der Waals surface area contributed by atoms with Crippen molar-refractivity contribution in [1.29, 1.82) is 0 Å². The summed E-state index contributed by atoms with van der Waals surface area (Å²) in [5, 5.41) is 2.88. The van der Waals surface area contributed by atoms with Gasteiger partial charge in [0, 0.05) is 12.1 Å². The van der Waals surface area contributed by atoms with E-state index in [9.17, 15) is 9.59 Å². The van der Waals surface area contributed by atoms with Gasteiger partial charge in [0.25, 0.3) is 5.91 Å². The van der Waals surface area contributed by atoms with Gasteiger partial charge < -0.3 is 15.0 Å². The predicted molar refractivity (Wildman–Crippen MR) is 127 cm³/mol. The van der Waals surface area contributed by atoms with Gasteiger partial charge in [-0.2, -0.15) is 0 Å². The minimum Gasteiger partial charge on any atom is -0.479 e. The minimum absolute atomic E-state index is 0.0721. The molecule has 0 radical (unpaired) electrons. The Kier molecular flexibility index (Phi) is 5.52. The van der Waals surface area contributed by atoms with E-state index in [2.05, 4.69) is 15.3 Å². The van der Waals surface area contributed by atoms with E-state index >= 15 is 0 Å². The number of H-pyrrole nitrogens is 1. The van der Waals surface area contributed by atoms with Crippen molar-refractivity contribution >= 4 is 34.2 Å². The smallest absolute Gasteiger partial charge is 0.268 e. The largest absolute Gasteiger partial charge is 0.479 e. The summed E-state index contributed by atoms with van der Waals surface area (Å²) in [4.78, 5) is 34.7. The zero-order valence-electron chi connectivity index (χ0n) is 18.2. The quantitative estimate of drug-likeness (QED) is 0.473. The Morgan fingerprint density at radius 2 is 1.79 bits per heavy atom. The average Bonchev–Trinajstić information content (AvgIpc) is 3.25. The zero-order chi connectivity index (χ0) is 22.8. The van der Waals surface area contributed by atoms with Crippen LogP contribution in [0.3, 0.4) is 0 Å². The van der Waals surface area contributed by atoms with Crippen LogP contribution in [-0.4, -0.2) is 34.4 Å². The predicted octanol–water partition coefficient (Wildman–Crippen LogP) is 4.10. The number of benzene rings is 3. The Balaban J connectivity index is 1.19. The van der Waals surface area contributed by atoms with E-state index in [1.807, 2.05) is 60.7 Å². The van der Waals surface area contributed by atoms with E-state index in [1.54, 1.807) is 19.1 Å². The van der Waals surface area contributed by atoms with E-state index in [4.69, 9.17) is 4.74 Å². The van der Waals surface area contributed by atoms with Gasteiger partial charge >= 0.3 is 0 Å². The molecule has 33 heavy (non-hydrogen) atoms. The fraction of sp³-hybridized carbons (Fsp3) is 0.192. The Labute approximate surface area is 191 Å². The number of carbonyl (C=O) groups is 2. The van der Waals surface area contributed by atoms with Gasteiger partial charge in [0.15, 0.2) is 6.10 Å². The summed E-state index contributed by atoms with van der Waals surface area (Å²) >= 11 is 0. The highest BCUT2D eigenvalue weighted by Gasteiger charge is 2.32. The van der Waals surface area contributed by atoms with Crippen LogP contribution in [0.4, 0.5) is 11.4 Å². The molecule has 1 aliphatic heterocycles. The monoisotopic (exact) mass is 440 g/mol. The average molecular weight is 441 g/mol. The van der Waals surface area contributed by atoms with Crippen molar-refractivity contribution in [1.82, 2.24) is 9.97 Å². The lowest BCUT2D eigenvalue weighted by atomic mass is 10.1. The Hall–Kier alpha value is -4.13. The summed E-state index contributed by atoms with van der Waals surface area (Å²) in [5.41, 5.74) is 4.47. The fourth-order valence-corrected chi connectivity index (χ4v) is 4.01. The number of anilines is 2. The molecule has 2 amide bonds. The molecule has 2 N–H and O–H groups in total. The molecule has 1 atom stereocenters. The third-order valence-corrected chi connectivity index (χ3v) is 5.70. The van der Waals surface area contributed by atoms with Gasteiger partial charge in [0.1, 0.15) is 18.1 Å². The lowest BCUT2D eigenvalue weighted by molar-refractivity contribution is -0.127. The first-order valence-electron chi connectivity index (χ1n) is 11.0. The van der Waals surface area contributed by atoms with Gasteiger partial charge in [-0.25, -0.2) is 4.98 Å². The molecular weight excluding hydrogens is 416 g/mol. The van der Waals surface area contributed by atoms with Gasteiger partial charge in [-0.05, 0) is 55.3 Å². The number of imidazole rings is 1. The van der Waals surface area contributed by atoms with Crippen LogP contribution < -0.4 is 15.0 Å². The number of hydrogen-bond acceptors (Lipinski definition) is 4. The Morgan fingerprint density at radius 3 is 2.61 bits per heavy atom. The summed E-state index contributed by atoms with van der Waals surface area (Å²) in [6.45, 7) is 1.62. The zero-order valence-corrected chi connectivity index (χ0v) is 18.2. The van der Waals surface area contributed by atoms with Crippen LogP contribution in [-0.2, 0) is 22.4 Å². The summed E-state index contributed by atoms with van der Waals surface area (Å²) in [6, 6.07) is 23.0. The highest BCUT2D eigenvalue weighted by molar-refractivity contribution is 6.06. The van der Waals surface area contributed by atoms with Crippen molar-refractivity contribution in [3.05, 3.63) is 84.2 Å². The number of ether oxygens (including phenoxy) is 1. The van der Waals surface area contributed by atoms with E-state index < -0.39 is 6.10 Å². The maximum atomic E-state index is 12.7. The molecule has 5 rings (SSSR count). The molecule has 0 bridgehead atoms. The van der Waals surface area contributed by atoms with Crippen molar-refractivity contribution in [3.63, 3.8) is 0 Å². The molecule has 1 aromatic heterocycles. The summed E-state index contributed by atoms with van der Waals surface area (Å²) < 4.78 is 5.63. The number of fused-ring (bicyclic) bond motifs is 2. The number of nitrogens with one attached hydrogen (secondary N) is 2. The molecule has 0 aliphatic carbocycles. The second-order valence-electron chi connectivity index (χ2n) is 8.10. The number of nitrogens with zero attached hydrogens (tertiary/aromatic N) is 2. The van der Waals surface area contributed by atoms with E-state index in [1.165, 1.54) is 4.90 Å². The molecule has 0 saturated carbocycles. The Bertz CT molecular complexity index is 1280. The number of hydrogen-bond donors (Lipinski definition) is 2. The van der Waals surface area contributed by atoms with Crippen LogP contribution in [0, 0.1) is 0 Å². The van der Waals surface area contributed by atoms with Crippen LogP contribution in [0.1, 0.15) is 18.3 Å². The first kappa shape index (κ1) is 20.8. The van der Waals surface area contributed by atoms with Crippen molar-refractivity contribution < 1.29 is 14.3 Å². The van der Waals surface area contributed by atoms with Crippen molar-refractivity contribution in [2.45, 2.75) is 25.9 Å². The maximum absolute atomic E-state index is 12.7. The van der Waals surface area contributed by atoms with Gasteiger partial charge in [-0.3, -0.25) is 14.5 Å². The van der Waals surface area contributed by atoms with Crippen LogP contribution in [0.15, 0.2) is 72.8 Å². The van der Waals surface area contributed by atoms with Crippen LogP contribution >= 0.6 is 0 Å². The number of para-hydroxylation sites is 4. The standard InChI is InChI=1S/C26H24N4O3/c1-17-26(32)30(22-8-4-5-9-23(22)33-17)16-25(31)27-19-13-10-18(11-14-19)12-15-24-28-20-6-2-3-7-21(20)29-24/h2-11,13-14,17H,12,15-16H2,1H3,(H,27,31)(H,28,29)/t17-/m0/s1. The van der Waals surface area contributed by atoms with E-state index in [-0.39, 0.29) is 18.4 Å². The van der Waals surface area contributed by atoms with Gasteiger partial charge in [-0.1, -0.05) is 36.4 Å². The first-order chi connectivity index (χ1) is 16.1. The Morgan fingerprint density at radius 1 is 1.03 bits per heavy atom. The number of aromatic amines is 1. The van der Waals surface area contributed by atoms with Crippen LogP contribution in [0.25, 0.3) is 11.0 Å². The molecule has 2 heterocycles. The molecule has 0 unspecified atom stereocenters. The number of amides is 2.